The van der Waals surface area contributed by atoms with E-state index < -0.39 is 0 Å². The molecule has 0 bridgehead atoms. The third-order valence-electron chi connectivity index (χ3n) is 7.48. The number of nitrogens with one attached hydrogen (secondary N) is 1. The summed E-state index contributed by atoms with van der Waals surface area (Å²) in [5.41, 5.74) is 2.62. The van der Waals surface area contributed by atoms with E-state index in [1.165, 1.54) is 12.8 Å². The van der Waals surface area contributed by atoms with Crippen molar-refractivity contribution in [3.63, 3.8) is 0 Å². The van der Waals surface area contributed by atoms with Crippen molar-refractivity contribution in [3.8, 4) is 11.6 Å². The van der Waals surface area contributed by atoms with Crippen LogP contribution in [-0.2, 0) is 0 Å². The Morgan fingerprint density at radius 3 is 2.53 bits per heavy atom. The van der Waals surface area contributed by atoms with Crippen LogP contribution in [0.2, 0.25) is 0 Å². The topological polar surface area (TPSA) is 92.7 Å². The maximum absolute atomic E-state index is 12.8. The first-order valence-corrected chi connectivity index (χ1v) is 13.7. The van der Waals surface area contributed by atoms with E-state index in [2.05, 4.69) is 38.3 Å². The average molecular weight is 519 g/mol. The molecule has 2 fully saturated rings. The second kappa shape index (κ2) is 11.9. The maximum atomic E-state index is 12.8. The summed E-state index contributed by atoms with van der Waals surface area (Å²) in [5.74, 6) is 2.31. The number of anilines is 1. The minimum Gasteiger partial charge on any atom is -0.493 e. The van der Waals surface area contributed by atoms with Crippen LogP contribution in [0.5, 0.6) is 11.6 Å². The predicted octanol–water partition coefficient (Wildman–Crippen LogP) is 4.94. The van der Waals surface area contributed by atoms with Gasteiger partial charge in [0.1, 0.15) is 12.1 Å². The van der Waals surface area contributed by atoms with E-state index in [0.717, 1.165) is 54.9 Å². The molecular formula is C29H38N6O3. The summed E-state index contributed by atoms with van der Waals surface area (Å²) in [6.45, 7) is 8.28. The van der Waals surface area contributed by atoms with Gasteiger partial charge in [0.15, 0.2) is 0 Å². The molecule has 9 nitrogen and oxygen atoms in total. The number of piperidine rings is 2. The van der Waals surface area contributed by atoms with Crippen molar-refractivity contribution in [1.82, 2.24) is 24.8 Å². The van der Waals surface area contributed by atoms with E-state index in [1.807, 2.05) is 36.9 Å². The fourth-order valence-electron chi connectivity index (χ4n) is 5.24. The molecule has 38 heavy (non-hydrogen) atoms. The van der Waals surface area contributed by atoms with Crippen LogP contribution < -0.4 is 14.8 Å². The lowest BCUT2D eigenvalue weighted by Crippen LogP contribution is -2.40. The number of likely N-dealkylation sites (tertiary alicyclic amines) is 2. The Hall–Kier alpha value is -3.46. The van der Waals surface area contributed by atoms with E-state index >= 15 is 0 Å². The number of hydrogen-bond donors (Lipinski definition) is 1. The van der Waals surface area contributed by atoms with Gasteiger partial charge in [-0.3, -0.25) is 0 Å². The van der Waals surface area contributed by atoms with Crippen molar-refractivity contribution in [2.24, 2.45) is 5.92 Å². The molecule has 0 unspecified atom stereocenters. The molecule has 0 radical (unpaired) electrons. The molecule has 4 heterocycles. The van der Waals surface area contributed by atoms with E-state index in [1.54, 1.807) is 18.6 Å². The smallest absolute Gasteiger partial charge is 0.321 e. The molecule has 2 amide bonds. The number of amides is 2. The van der Waals surface area contributed by atoms with Gasteiger partial charge < -0.3 is 24.6 Å². The first kappa shape index (κ1) is 26.2. The minimum atomic E-state index is -0.110. The highest BCUT2D eigenvalue weighted by atomic mass is 16.5. The molecule has 0 atom stereocenters. The quantitative estimate of drug-likeness (QED) is 0.473. The zero-order valence-electron chi connectivity index (χ0n) is 22.6. The minimum absolute atomic E-state index is 0.0561. The zero-order chi connectivity index (χ0) is 26.5. The Labute approximate surface area is 224 Å². The molecule has 1 N–H and O–H groups in total. The molecule has 0 saturated carbocycles. The number of rotatable bonds is 7. The molecule has 2 aliphatic heterocycles. The summed E-state index contributed by atoms with van der Waals surface area (Å²) in [7, 11) is 2.18. The van der Waals surface area contributed by atoms with Gasteiger partial charge in [0, 0.05) is 36.5 Å². The number of pyridine rings is 1. The Morgan fingerprint density at radius 2 is 1.82 bits per heavy atom. The SMILES string of the molecule is CC(C)Oc1ccc(NC(=O)N2CCC(c3ncnc4cc(OCC5CCN(C)CC5)ccc34)CC2)cn1. The lowest BCUT2D eigenvalue weighted by Gasteiger charge is -2.32. The zero-order valence-corrected chi connectivity index (χ0v) is 22.6. The van der Waals surface area contributed by atoms with Gasteiger partial charge in [-0.25, -0.2) is 19.7 Å². The lowest BCUT2D eigenvalue weighted by atomic mass is 9.91. The van der Waals surface area contributed by atoms with Crippen molar-refractivity contribution in [2.45, 2.75) is 51.6 Å². The lowest BCUT2D eigenvalue weighted by molar-refractivity contribution is 0.160. The van der Waals surface area contributed by atoms with Crippen molar-refractivity contribution < 1.29 is 14.3 Å². The maximum Gasteiger partial charge on any atom is 0.321 e. The Morgan fingerprint density at radius 1 is 1.03 bits per heavy atom. The fraction of sp³-hybridized carbons (Fsp3) is 0.517. The molecule has 2 aromatic heterocycles. The summed E-state index contributed by atoms with van der Waals surface area (Å²) in [5, 5.41) is 4.01. The summed E-state index contributed by atoms with van der Waals surface area (Å²) >= 11 is 0. The third kappa shape index (κ3) is 6.51. The Bertz CT molecular complexity index is 1220. The predicted molar refractivity (Wildman–Crippen MR) is 148 cm³/mol. The molecule has 2 aliphatic rings. The van der Waals surface area contributed by atoms with Gasteiger partial charge in [0.25, 0.3) is 0 Å². The highest BCUT2D eigenvalue weighted by Crippen LogP contribution is 2.32. The van der Waals surface area contributed by atoms with Gasteiger partial charge in [0.2, 0.25) is 5.88 Å². The highest BCUT2D eigenvalue weighted by Gasteiger charge is 2.26. The molecule has 5 rings (SSSR count). The third-order valence-corrected chi connectivity index (χ3v) is 7.48. The van der Waals surface area contributed by atoms with E-state index in [4.69, 9.17) is 9.47 Å². The first-order chi connectivity index (χ1) is 18.4. The summed E-state index contributed by atoms with van der Waals surface area (Å²) in [6, 6.07) is 9.64. The second-order valence-electron chi connectivity index (χ2n) is 10.7. The van der Waals surface area contributed by atoms with Gasteiger partial charge in [-0.2, -0.15) is 0 Å². The monoisotopic (exact) mass is 518 g/mol. The van der Waals surface area contributed by atoms with E-state index in [-0.39, 0.29) is 18.1 Å². The average Bonchev–Trinajstić information content (AvgIpc) is 2.93. The van der Waals surface area contributed by atoms with Crippen LogP contribution in [0.25, 0.3) is 10.9 Å². The number of carbonyl (C=O) groups is 1. The van der Waals surface area contributed by atoms with Crippen molar-refractivity contribution >= 4 is 22.6 Å². The normalized spacial score (nSPS) is 17.6. The van der Waals surface area contributed by atoms with Crippen molar-refractivity contribution in [3.05, 3.63) is 48.5 Å². The number of benzene rings is 1. The molecule has 3 aromatic rings. The number of carbonyl (C=O) groups excluding carboxylic acids is 1. The molecule has 2 saturated heterocycles. The fourth-order valence-corrected chi connectivity index (χ4v) is 5.24. The van der Waals surface area contributed by atoms with Crippen LogP contribution in [0, 0.1) is 5.92 Å². The largest absolute Gasteiger partial charge is 0.493 e. The standard InChI is InChI=1S/C29H38N6O3/c1-20(2)38-27-7-4-23(17-30-27)33-29(36)35-14-10-22(11-15-35)28-25-6-5-24(16-26(25)31-19-32-28)37-18-21-8-12-34(3)13-9-21/h4-7,16-17,19-22H,8-15,18H2,1-3H3,(H,33,36). The van der Waals surface area contributed by atoms with Gasteiger partial charge >= 0.3 is 6.03 Å². The number of fused-ring (bicyclic) bond motifs is 1. The van der Waals surface area contributed by atoms with Gasteiger partial charge in [-0.05, 0) is 83.8 Å². The number of ether oxygens (including phenoxy) is 2. The number of hydrogen-bond acceptors (Lipinski definition) is 7. The van der Waals surface area contributed by atoms with Gasteiger partial charge in [0.05, 0.1) is 35.8 Å². The summed E-state index contributed by atoms with van der Waals surface area (Å²) in [6.07, 6.45) is 7.41. The van der Waals surface area contributed by atoms with Crippen LogP contribution in [0.3, 0.4) is 0 Å². The highest BCUT2D eigenvalue weighted by molar-refractivity contribution is 5.89. The molecular weight excluding hydrogens is 480 g/mol. The Balaban J connectivity index is 1.16. The van der Waals surface area contributed by atoms with Crippen LogP contribution in [0.1, 0.15) is 51.1 Å². The molecule has 9 heteroatoms. The number of aromatic nitrogens is 3. The van der Waals surface area contributed by atoms with Crippen LogP contribution in [0.4, 0.5) is 10.5 Å². The van der Waals surface area contributed by atoms with Crippen LogP contribution in [-0.4, -0.2) is 76.7 Å². The summed E-state index contributed by atoms with van der Waals surface area (Å²) < 4.78 is 11.7. The number of urea groups is 1. The van der Waals surface area contributed by atoms with Crippen LogP contribution >= 0.6 is 0 Å². The van der Waals surface area contributed by atoms with Crippen molar-refractivity contribution in [1.29, 1.82) is 0 Å². The molecule has 0 spiro atoms. The van der Waals surface area contributed by atoms with Crippen molar-refractivity contribution in [2.75, 3.05) is 45.2 Å². The van der Waals surface area contributed by atoms with E-state index in [0.29, 0.717) is 30.6 Å². The molecule has 1 aromatic carbocycles. The second-order valence-corrected chi connectivity index (χ2v) is 10.7. The molecule has 202 valence electrons. The van der Waals surface area contributed by atoms with E-state index in [9.17, 15) is 4.79 Å². The molecule has 0 aliphatic carbocycles. The van der Waals surface area contributed by atoms with Crippen LogP contribution in [0.15, 0.2) is 42.9 Å². The number of nitrogens with zero attached hydrogens (tertiary/aromatic N) is 5. The first-order valence-electron chi connectivity index (χ1n) is 13.7. The van der Waals surface area contributed by atoms with Gasteiger partial charge in [-0.1, -0.05) is 0 Å². The summed E-state index contributed by atoms with van der Waals surface area (Å²) in [4.78, 5) is 30.5. The Kier molecular flexibility index (Phi) is 8.22. The van der Waals surface area contributed by atoms with Gasteiger partial charge in [-0.15, -0.1) is 0 Å².